The fraction of sp³-hybridized carbons (Fsp3) is 0. The molecule has 0 saturated carbocycles. The van der Waals surface area contributed by atoms with Gasteiger partial charge in [-0.2, -0.15) is 0 Å². The monoisotopic (exact) mass is 679 g/mol. The van der Waals surface area contributed by atoms with Crippen molar-refractivity contribution in [2.45, 2.75) is 0 Å². The van der Waals surface area contributed by atoms with Crippen LogP contribution in [0.5, 0.6) is 0 Å². The van der Waals surface area contributed by atoms with E-state index in [9.17, 15) is 14.9 Å². The summed E-state index contributed by atoms with van der Waals surface area (Å²) in [5.41, 5.74) is 8.29. The van der Waals surface area contributed by atoms with Gasteiger partial charge in [-0.1, -0.05) is 12.2 Å². The first kappa shape index (κ1) is 26.1. The van der Waals surface area contributed by atoms with E-state index in [-0.39, 0.29) is 11.5 Å². The minimum Gasteiger partial charge on any atom is -0.354 e. The number of aromatic amines is 3. The second-order valence-electron chi connectivity index (χ2n) is 9.78. The molecule has 4 aromatic rings. The third kappa shape index (κ3) is 4.54. The van der Waals surface area contributed by atoms with Crippen molar-refractivity contribution in [1.29, 1.82) is 0 Å². The number of carbonyl (C=O) groups is 1. The minimum atomic E-state index is -0.409. The first-order valence-corrected chi connectivity index (χ1v) is 14.5. The number of fused-ring (bicyclic) bond motifs is 7. The second-order valence-corrected chi connectivity index (χ2v) is 11.4. The highest BCUT2D eigenvalue weighted by Gasteiger charge is 2.21. The number of ketones is 1. The molecule has 8 bridgehead atoms. The van der Waals surface area contributed by atoms with E-state index in [4.69, 9.17) is 4.99 Å². The van der Waals surface area contributed by atoms with Crippen molar-refractivity contribution in [3.8, 4) is 0 Å². The maximum Gasteiger partial charge on any atom is 0.269 e. The minimum absolute atomic E-state index is 0.0216. The molecule has 1 aromatic carbocycles. The maximum atomic E-state index is 11.9. The van der Waals surface area contributed by atoms with Gasteiger partial charge in [0, 0.05) is 40.0 Å². The summed E-state index contributed by atoms with van der Waals surface area (Å²) in [7, 11) is 0. The molecule has 0 amide bonds. The van der Waals surface area contributed by atoms with Crippen LogP contribution in [0, 0.1) is 10.1 Å². The van der Waals surface area contributed by atoms with Gasteiger partial charge in [0.15, 0.2) is 5.78 Å². The Labute approximate surface area is 255 Å². The predicted octanol–water partition coefficient (Wildman–Crippen LogP) is 5.91. The number of aliphatic imine (C=N–C) groups is 1. The normalized spacial score (nSPS) is 20.4. The summed E-state index contributed by atoms with van der Waals surface area (Å²) in [5, 5.41) is 12.9. The SMILES string of the molecule is O=C1C=CC(=C2c3ccc([nH]3)/C(Br)=C3/C=CC(=N3)/C(c3ccc([N+](=O)[O-])cc3)=c3/cc/c([nH]3)=C(\Br)c3ccc2[nH]3)C=C1. The Hall–Kier alpha value is -4.80. The van der Waals surface area contributed by atoms with Crippen LogP contribution in [0.1, 0.15) is 28.3 Å². The van der Waals surface area contributed by atoms with E-state index in [2.05, 4.69) is 46.8 Å². The van der Waals surface area contributed by atoms with Crippen molar-refractivity contribution >= 4 is 69.2 Å². The van der Waals surface area contributed by atoms with Crippen molar-refractivity contribution < 1.29 is 9.72 Å². The van der Waals surface area contributed by atoms with Crippen LogP contribution in [-0.4, -0.2) is 31.4 Å². The molecule has 0 spiro atoms. The van der Waals surface area contributed by atoms with Crippen LogP contribution in [0.15, 0.2) is 113 Å². The molecule has 3 aliphatic rings. The van der Waals surface area contributed by atoms with Crippen LogP contribution in [-0.2, 0) is 4.79 Å². The van der Waals surface area contributed by atoms with E-state index in [1.165, 1.54) is 12.1 Å². The average molecular weight is 681 g/mol. The van der Waals surface area contributed by atoms with Crippen molar-refractivity contribution in [2.24, 2.45) is 4.99 Å². The molecular weight excluding hydrogens is 662 g/mol. The number of nitrogens with zero attached hydrogens (tertiary/aromatic N) is 2. The summed E-state index contributed by atoms with van der Waals surface area (Å²) >= 11 is 7.53. The topological polar surface area (TPSA) is 120 Å². The molecule has 0 fully saturated rings. The van der Waals surface area contributed by atoms with E-state index in [0.717, 1.165) is 70.4 Å². The zero-order valence-electron chi connectivity index (χ0n) is 21.6. The van der Waals surface area contributed by atoms with Gasteiger partial charge in [-0.05, 0) is 116 Å². The molecule has 3 N–H and O–H groups in total. The Morgan fingerprint density at radius 1 is 0.643 bits per heavy atom. The molecule has 10 heteroatoms. The van der Waals surface area contributed by atoms with Crippen molar-refractivity contribution in [2.75, 3.05) is 0 Å². The van der Waals surface area contributed by atoms with E-state index in [1.807, 2.05) is 60.7 Å². The van der Waals surface area contributed by atoms with Crippen LogP contribution in [0.25, 0.3) is 20.1 Å². The summed E-state index contributed by atoms with van der Waals surface area (Å²) in [6.45, 7) is 0. The number of carbonyl (C=O) groups excluding carboxylic acids is 1. The molecule has 5 heterocycles. The summed E-state index contributed by atoms with van der Waals surface area (Å²) in [6, 6.07) is 18.4. The Morgan fingerprint density at radius 3 is 1.93 bits per heavy atom. The smallest absolute Gasteiger partial charge is 0.269 e. The number of hydrogen-bond donors (Lipinski definition) is 3. The number of nitro groups is 1. The van der Waals surface area contributed by atoms with Gasteiger partial charge in [-0.15, -0.1) is 0 Å². The molecule has 2 aliphatic heterocycles. The first-order valence-electron chi connectivity index (χ1n) is 12.9. The highest BCUT2D eigenvalue weighted by Crippen LogP contribution is 2.35. The van der Waals surface area contributed by atoms with Gasteiger partial charge in [-0.25, -0.2) is 4.99 Å². The zero-order valence-corrected chi connectivity index (χ0v) is 24.8. The number of hydrogen-bond acceptors (Lipinski definition) is 4. The molecule has 3 aromatic heterocycles. The lowest BCUT2D eigenvalue weighted by Crippen LogP contribution is -2.18. The molecule has 8 nitrogen and oxygen atoms in total. The van der Waals surface area contributed by atoms with Crippen molar-refractivity contribution in [1.82, 2.24) is 15.0 Å². The number of benzene rings is 1. The molecule has 0 radical (unpaired) electrons. The first-order chi connectivity index (χ1) is 20.4. The summed E-state index contributed by atoms with van der Waals surface area (Å²) in [6.07, 6.45) is 10.7. The Balaban J connectivity index is 1.51. The molecular formula is C32H19Br2N5O3. The number of rotatable bonds is 2. The lowest BCUT2D eigenvalue weighted by molar-refractivity contribution is -0.384. The highest BCUT2D eigenvalue weighted by molar-refractivity contribution is 9.15. The fourth-order valence-electron chi connectivity index (χ4n) is 5.18. The van der Waals surface area contributed by atoms with Gasteiger partial charge < -0.3 is 15.0 Å². The van der Waals surface area contributed by atoms with E-state index >= 15 is 0 Å². The zero-order chi connectivity index (χ0) is 29.0. The van der Waals surface area contributed by atoms with Crippen LogP contribution < -0.4 is 10.7 Å². The second kappa shape index (κ2) is 10.2. The number of aromatic nitrogens is 3. The van der Waals surface area contributed by atoms with Gasteiger partial charge in [-0.3, -0.25) is 14.9 Å². The number of halogens is 2. The predicted molar refractivity (Wildman–Crippen MR) is 170 cm³/mol. The van der Waals surface area contributed by atoms with Crippen molar-refractivity contribution in [3.63, 3.8) is 0 Å². The van der Waals surface area contributed by atoms with Gasteiger partial charge in [0.25, 0.3) is 5.69 Å². The van der Waals surface area contributed by atoms with Crippen LogP contribution in [0.2, 0.25) is 0 Å². The van der Waals surface area contributed by atoms with Gasteiger partial charge in [0.2, 0.25) is 0 Å². The molecule has 0 atom stereocenters. The van der Waals surface area contributed by atoms with Gasteiger partial charge in [0.1, 0.15) is 0 Å². The average Bonchev–Trinajstić information content (AvgIpc) is 3.82. The summed E-state index contributed by atoms with van der Waals surface area (Å²) < 4.78 is 1.60. The lowest BCUT2D eigenvalue weighted by atomic mass is 9.98. The molecule has 42 heavy (non-hydrogen) atoms. The number of nitrogens with one attached hydrogen (secondary N) is 3. The van der Waals surface area contributed by atoms with Crippen molar-refractivity contribution in [3.05, 3.63) is 158 Å². The number of allylic oxidation sites excluding steroid dienone is 7. The lowest BCUT2D eigenvalue weighted by Gasteiger charge is -2.10. The van der Waals surface area contributed by atoms with Gasteiger partial charge in [0.05, 0.1) is 42.0 Å². The highest BCUT2D eigenvalue weighted by atomic mass is 79.9. The van der Waals surface area contributed by atoms with Crippen LogP contribution in [0.4, 0.5) is 5.69 Å². The van der Waals surface area contributed by atoms with Crippen LogP contribution >= 0.6 is 31.9 Å². The third-order valence-electron chi connectivity index (χ3n) is 7.21. The summed E-state index contributed by atoms with van der Waals surface area (Å²) in [5.74, 6) is -0.0513. The van der Waals surface area contributed by atoms with E-state index in [0.29, 0.717) is 5.71 Å². The standard InChI is InChI=1S/C32H19Br2N5O3/c33-31-25-13-9-21(35-25)29(17-1-5-19(6-2-17)39(41)42)22-10-14-26(36-22)32(34)28-16-12-24(38-28)30(23-11-15-27(31)37-23)18-3-7-20(40)8-4-18/h1-16,35,37-38H/b29-21-,31-25+,32-26+. The summed E-state index contributed by atoms with van der Waals surface area (Å²) in [4.78, 5) is 38.3. The van der Waals surface area contributed by atoms with Gasteiger partial charge >= 0.3 is 0 Å². The quantitative estimate of drug-likeness (QED) is 0.180. The third-order valence-corrected chi connectivity index (χ3v) is 8.89. The van der Waals surface area contributed by atoms with E-state index in [1.54, 1.807) is 24.3 Å². The van der Waals surface area contributed by atoms with E-state index < -0.39 is 4.92 Å². The fourth-order valence-corrected chi connectivity index (χ4v) is 6.10. The number of H-pyrrole nitrogens is 3. The molecule has 0 unspecified atom stereocenters. The number of non-ortho nitro benzene ring substituents is 1. The van der Waals surface area contributed by atoms with Crippen LogP contribution in [0.3, 0.4) is 0 Å². The Bertz CT molecular complexity index is 2130. The molecule has 1 aliphatic carbocycles. The molecule has 0 saturated heterocycles. The maximum absolute atomic E-state index is 11.9. The molecule has 204 valence electrons. The largest absolute Gasteiger partial charge is 0.354 e. The molecule has 7 rings (SSSR count). The Morgan fingerprint density at radius 2 is 1.26 bits per heavy atom. The Kier molecular flexibility index (Phi) is 6.37. The number of nitro benzene ring substituents is 1.